The zero-order valence-corrected chi connectivity index (χ0v) is 16.8. The number of amides is 1. The van der Waals surface area contributed by atoms with Gasteiger partial charge in [-0.2, -0.15) is 5.10 Å². The Labute approximate surface area is 159 Å². The summed E-state index contributed by atoms with van der Waals surface area (Å²) >= 11 is 0. The minimum Gasteiger partial charge on any atom is -0.344 e. The van der Waals surface area contributed by atoms with Crippen LogP contribution in [0.2, 0.25) is 0 Å². The first-order valence-corrected chi connectivity index (χ1v) is 9.20. The fraction of sp³-hybridized carbons (Fsp3) is 0.550. The maximum atomic E-state index is 12.7. The second-order valence-corrected chi connectivity index (χ2v) is 9.14. The van der Waals surface area contributed by atoms with Gasteiger partial charge in [-0.15, -0.1) is 0 Å². The van der Waals surface area contributed by atoms with E-state index in [-0.39, 0.29) is 40.0 Å². The van der Waals surface area contributed by atoms with Gasteiger partial charge in [0.15, 0.2) is 5.78 Å². The summed E-state index contributed by atoms with van der Waals surface area (Å²) in [5.74, 6) is 0.338. The summed E-state index contributed by atoms with van der Waals surface area (Å²) in [6.07, 6.45) is 3.48. The van der Waals surface area contributed by atoms with Crippen molar-refractivity contribution in [3.63, 3.8) is 0 Å². The molecule has 2 heterocycles. The summed E-state index contributed by atoms with van der Waals surface area (Å²) in [5.41, 5.74) is 2.36. The molecule has 0 bridgehead atoms. The highest BCUT2D eigenvalue weighted by atomic mass is 16.2. The Morgan fingerprint density at radius 3 is 2.59 bits per heavy atom. The van der Waals surface area contributed by atoms with E-state index in [1.165, 1.54) is 13.0 Å². The number of hydrogen-bond acceptors (Lipinski definition) is 5. The van der Waals surface area contributed by atoms with Crippen molar-refractivity contribution in [2.75, 3.05) is 0 Å². The maximum absolute atomic E-state index is 12.7. The number of ketones is 1. The van der Waals surface area contributed by atoms with Crippen LogP contribution in [0.1, 0.15) is 92.1 Å². The van der Waals surface area contributed by atoms with Gasteiger partial charge in [0.1, 0.15) is 17.2 Å². The molecule has 1 amide bonds. The van der Waals surface area contributed by atoms with Gasteiger partial charge in [0, 0.05) is 29.8 Å². The number of carbonyl (C=O) groups is 2. The molecule has 27 heavy (non-hydrogen) atoms. The molecule has 7 heteroatoms. The van der Waals surface area contributed by atoms with Gasteiger partial charge in [0.2, 0.25) is 0 Å². The summed E-state index contributed by atoms with van der Waals surface area (Å²) in [6.45, 7) is 12.0. The number of rotatable bonds is 3. The Morgan fingerprint density at radius 1 is 1.30 bits per heavy atom. The third kappa shape index (κ3) is 4.07. The molecule has 2 aromatic heterocycles. The number of aromatic nitrogens is 4. The van der Waals surface area contributed by atoms with Gasteiger partial charge in [-0.1, -0.05) is 34.6 Å². The number of nitrogens with zero attached hydrogens (tertiary/aromatic N) is 3. The lowest BCUT2D eigenvalue weighted by Crippen LogP contribution is -2.37. The Kier molecular flexibility index (Phi) is 4.66. The molecule has 3 rings (SSSR count). The van der Waals surface area contributed by atoms with Crippen molar-refractivity contribution in [1.29, 1.82) is 0 Å². The predicted molar refractivity (Wildman–Crippen MR) is 102 cm³/mol. The molecular weight excluding hydrogens is 342 g/mol. The molecule has 1 atom stereocenters. The molecule has 7 nitrogen and oxygen atoms in total. The molecule has 0 fully saturated rings. The predicted octanol–water partition coefficient (Wildman–Crippen LogP) is 3.14. The molecule has 0 aromatic carbocycles. The lowest BCUT2D eigenvalue weighted by atomic mass is 9.74. The van der Waals surface area contributed by atoms with Crippen LogP contribution < -0.4 is 5.32 Å². The fourth-order valence-corrected chi connectivity index (χ4v) is 3.39. The van der Waals surface area contributed by atoms with Gasteiger partial charge in [-0.25, -0.2) is 9.97 Å². The van der Waals surface area contributed by atoms with Crippen molar-refractivity contribution in [3.8, 4) is 0 Å². The number of H-pyrrole nitrogens is 1. The van der Waals surface area contributed by atoms with Gasteiger partial charge >= 0.3 is 0 Å². The van der Waals surface area contributed by atoms with Crippen molar-refractivity contribution in [2.45, 2.75) is 65.8 Å². The molecule has 0 saturated carbocycles. The highest BCUT2D eigenvalue weighted by molar-refractivity contribution is 5.97. The van der Waals surface area contributed by atoms with Gasteiger partial charge in [0.25, 0.3) is 5.91 Å². The average Bonchev–Trinajstić information content (AvgIpc) is 3.02. The number of Topliss-reactive ketones (excluding diaryl/α,β-unsaturated/α-hetero) is 1. The molecule has 2 aromatic rings. The highest BCUT2D eigenvalue weighted by Gasteiger charge is 2.35. The molecule has 144 valence electrons. The molecule has 0 aliphatic heterocycles. The van der Waals surface area contributed by atoms with Crippen LogP contribution in [0.5, 0.6) is 0 Å². The van der Waals surface area contributed by atoms with Crippen LogP contribution in [-0.4, -0.2) is 31.9 Å². The monoisotopic (exact) mass is 369 g/mol. The molecule has 0 spiro atoms. The van der Waals surface area contributed by atoms with E-state index in [1.54, 1.807) is 0 Å². The average molecular weight is 369 g/mol. The zero-order chi connectivity index (χ0) is 20.0. The van der Waals surface area contributed by atoms with Crippen molar-refractivity contribution in [3.05, 3.63) is 40.7 Å². The van der Waals surface area contributed by atoms with Crippen molar-refractivity contribution < 1.29 is 9.59 Å². The van der Waals surface area contributed by atoms with Crippen LogP contribution in [0.15, 0.2) is 12.3 Å². The highest BCUT2D eigenvalue weighted by Crippen LogP contribution is 2.40. The molecule has 0 unspecified atom stereocenters. The summed E-state index contributed by atoms with van der Waals surface area (Å²) in [4.78, 5) is 33.4. The molecule has 1 aliphatic rings. The lowest BCUT2D eigenvalue weighted by molar-refractivity contribution is 0.0913. The number of fused-ring (bicyclic) bond motifs is 1. The molecule has 0 radical (unpaired) electrons. The molecule has 0 saturated heterocycles. The first-order valence-electron chi connectivity index (χ1n) is 9.20. The number of nitrogens with one attached hydrogen (secondary N) is 2. The molecule has 2 N–H and O–H groups in total. The van der Waals surface area contributed by atoms with E-state index in [9.17, 15) is 9.59 Å². The SMILES string of the molecule is CC(=O)c1cc(C(=O)N[C@@H]2CC(C)(C)Cc3nc(C(C)(C)C)ncc32)[nH]n1. The van der Waals surface area contributed by atoms with Gasteiger partial charge in [0.05, 0.1) is 6.04 Å². The zero-order valence-electron chi connectivity index (χ0n) is 16.8. The van der Waals surface area contributed by atoms with Crippen LogP contribution in [-0.2, 0) is 11.8 Å². The minimum absolute atomic E-state index is 0.00693. The van der Waals surface area contributed by atoms with Gasteiger partial charge in [-0.3, -0.25) is 14.7 Å². The van der Waals surface area contributed by atoms with Crippen LogP contribution in [0.3, 0.4) is 0 Å². The van der Waals surface area contributed by atoms with E-state index in [0.29, 0.717) is 0 Å². The van der Waals surface area contributed by atoms with Crippen LogP contribution in [0.4, 0.5) is 0 Å². The third-order valence-electron chi connectivity index (χ3n) is 4.84. The maximum Gasteiger partial charge on any atom is 0.269 e. The van der Waals surface area contributed by atoms with Crippen LogP contribution in [0.25, 0.3) is 0 Å². The Balaban J connectivity index is 1.89. The second-order valence-electron chi connectivity index (χ2n) is 9.14. The van der Waals surface area contributed by atoms with E-state index in [4.69, 9.17) is 4.98 Å². The molecular formula is C20H27N5O2. The quantitative estimate of drug-likeness (QED) is 0.810. The Bertz CT molecular complexity index is 892. The smallest absolute Gasteiger partial charge is 0.269 e. The van der Waals surface area contributed by atoms with Crippen LogP contribution >= 0.6 is 0 Å². The van der Waals surface area contributed by atoms with Gasteiger partial charge in [-0.05, 0) is 24.3 Å². The third-order valence-corrected chi connectivity index (χ3v) is 4.84. The van der Waals surface area contributed by atoms with Crippen molar-refractivity contribution in [1.82, 2.24) is 25.5 Å². The minimum atomic E-state index is -0.288. The second kappa shape index (κ2) is 6.55. The Hall–Kier alpha value is -2.57. The van der Waals surface area contributed by atoms with E-state index >= 15 is 0 Å². The van der Waals surface area contributed by atoms with Crippen LogP contribution in [0, 0.1) is 5.41 Å². The topological polar surface area (TPSA) is 101 Å². The first-order chi connectivity index (χ1) is 12.5. The normalized spacial score (nSPS) is 18.7. The number of carbonyl (C=O) groups excluding carboxylic acids is 2. The summed E-state index contributed by atoms with van der Waals surface area (Å²) in [5, 5.41) is 9.57. The Morgan fingerprint density at radius 2 is 2.00 bits per heavy atom. The fourth-order valence-electron chi connectivity index (χ4n) is 3.39. The standard InChI is InChI=1S/C20H27N5O2/c1-11(26)13-7-14(25-24-13)17(27)22-15-8-20(5,6)9-16-12(15)10-21-18(23-16)19(2,3)4/h7,10,15H,8-9H2,1-6H3,(H,22,27)(H,24,25)/t15-/m1/s1. The van der Waals surface area contributed by atoms with E-state index in [1.807, 2.05) is 6.20 Å². The molecule has 1 aliphatic carbocycles. The number of hydrogen-bond donors (Lipinski definition) is 2. The van der Waals surface area contributed by atoms with E-state index < -0.39 is 0 Å². The van der Waals surface area contributed by atoms with Crippen molar-refractivity contribution >= 4 is 11.7 Å². The van der Waals surface area contributed by atoms with E-state index in [0.717, 1.165) is 29.9 Å². The number of aromatic amines is 1. The van der Waals surface area contributed by atoms with Gasteiger partial charge < -0.3 is 5.32 Å². The van der Waals surface area contributed by atoms with E-state index in [2.05, 4.69) is 55.1 Å². The largest absolute Gasteiger partial charge is 0.344 e. The first kappa shape index (κ1) is 19.2. The summed E-state index contributed by atoms with van der Waals surface area (Å²) in [7, 11) is 0. The lowest BCUT2D eigenvalue weighted by Gasteiger charge is -2.37. The van der Waals surface area contributed by atoms with Crippen molar-refractivity contribution in [2.24, 2.45) is 5.41 Å². The summed E-state index contributed by atoms with van der Waals surface area (Å²) in [6, 6.07) is 1.29. The summed E-state index contributed by atoms with van der Waals surface area (Å²) < 4.78 is 0.